The van der Waals surface area contributed by atoms with Crippen LogP contribution in [0.5, 0.6) is 0 Å². The fourth-order valence-corrected chi connectivity index (χ4v) is 1.59. The molecule has 0 saturated carbocycles. The Hall–Kier alpha value is -0.580. The Kier molecular flexibility index (Phi) is 9.13. The summed E-state index contributed by atoms with van der Waals surface area (Å²) in [6.45, 7) is 1.50. The molecule has 1 amide bonds. The van der Waals surface area contributed by atoms with Crippen molar-refractivity contribution >= 4 is 34.2 Å². The Bertz CT molecular complexity index is 330. The van der Waals surface area contributed by atoms with Gasteiger partial charge in [0.1, 0.15) is 0 Å². The van der Waals surface area contributed by atoms with Gasteiger partial charge in [0.25, 0.3) is 0 Å². The molecular weight excluding hydrogens is 304 g/mol. The first-order chi connectivity index (χ1) is 7.72. The quantitative estimate of drug-likeness (QED) is 0.788. The molecule has 1 aromatic rings. The largest absolute Gasteiger partial charge is 0.355 e. The molecule has 0 saturated heterocycles. The normalized spacial score (nSPS) is 9.53. The van der Waals surface area contributed by atoms with Gasteiger partial charge in [-0.3, -0.25) is 4.79 Å². The molecule has 0 unspecified atom stereocenters. The minimum atomic E-state index is 0. The van der Waals surface area contributed by atoms with Crippen LogP contribution in [0.2, 0.25) is 0 Å². The summed E-state index contributed by atoms with van der Waals surface area (Å²) < 4.78 is 1.06. The molecule has 0 aliphatic rings. The zero-order chi connectivity index (χ0) is 11.8. The van der Waals surface area contributed by atoms with Gasteiger partial charge in [0.15, 0.2) is 0 Å². The van der Waals surface area contributed by atoms with E-state index in [1.165, 1.54) is 5.56 Å². The molecule has 1 rings (SSSR count). The molecule has 0 heterocycles. The van der Waals surface area contributed by atoms with Crippen molar-refractivity contribution in [3.8, 4) is 0 Å². The summed E-state index contributed by atoms with van der Waals surface area (Å²) >= 11 is 3.38. The number of carbonyl (C=O) groups excluding carboxylic acids is 1. The standard InChI is InChI=1S/C12H17BrN2O.ClH/c1-14-8-9-15-12(16)7-4-10-2-5-11(13)6-3-10;/h2-3,5-6,14H,4,7-9H2,1H3,(H,15,16);1H. The number of likely N-dealkylation sites (N-methyl/N-ethyl adjacent to an activating group) is 1. The van der Waals surface area contributed by atoms with E-state index in [0.717, 1.165) is 17.4 Å². The molecule has 0 aliphatic heterocycles. The Balaban J connectivity index is 0.00000256. The van der Waals surface area contributed by atoms with Crippen molar-refractivity contribution in [1.29, 1.82) is 0 Å². The number of halogens is 2. The second kappa shape index (κ2) is 9.45. The minimum Gasteiger partial charge on any atom is -0.355 e. The second-order valence-corrected chi connectivity index (χ2v) is 4.50. The van der Waals surface area contributed by atoms with E-state index in [1.54, 1.807) is 0 Å². The van der Waals surface area contributed by atoms with E-state index in [1.807, 2.05) is 31.3 Å². The van der Waals surface area contributed by atoms with Gasteiger partial charge in [-0.05, 0) is 31.2 Å². The van der Waals surface area contributed by atoms with Gasteiger partial charge in [0, 0.05) is 24.0 Å². The monoisotopic (exact) mass is 320 g/mol. The van der Waals surface area contributed by atoms with Crippen LogP contribution >= 0.6 is 28.3 Å². The number of amides is 1. The van der Waals surface area contributed by atoms with Gasteiger partial charge < -0.3 is 10.6 Å². The van der Waals surface area contributed by atoms with Gasteiger partial charge >= 0.3 is 0 Å². The number of hydrogen-bond acceptors (Lipinski definition) is 2. The minimum absolute atomic E-state index is 0. The summed E-state index contributed by atoms with van der Waals surface area (Å²) in [5, 5.41) is 5.84. The van der Waals surface area contributed by atoms with Crippen LogP contribution in [-0.2, 0) is 11.2 Å². The highest BCUT2D eigenvalue weighted by Crippen LogP contribution is 2.11. The van der Waals surface area contributed by atoms with E-state index in [0.29, 0.717) is 13.0 Å². The van der Waals surface area contributed by atoms with Crippen molar-refractivity contribution in [1.82, 2.24) is 10.6 Å². The number of nitrogens with one attached hydrogen (secondary N) is 2. The Labute approximate surface area is 117 Å². The predicted molar refractivity (Wildman–Crippen MR) is 76.6 cm³/mol. The van der Waals surface area contributed by atoms with Gasteiger partial charge in [-0.25, -0.2) is 0 Å². The van der Waals surface area contributed by atoms with E-state index in [2.05, 4.69) is 26.6 Å². The molecule has 17 heavy (non-hydrogen) atoms. The first kappa shape index (κ1) is 16.4. The Morgan fingerprint density at radius 3 is 2.47 bits per heavy atom. The molecule has 1 aromatic carbocycles. The highest BCUT2D eigenvalue weighted by atomic mass is 79.9. The van der Waals surface area contributed by atoms with Crippen molar-refractivity contribution < 1.29 is 4.79 Å². The zero-order valence-electron chi connectivity index (χ0n) is 9.83. The van der Waals surface area contributed by atoms with E-state index in [4.69, 9.17) is 0 Å². The first-order valence-corrected chi connectivity index (χ1v) is 6.17. The lowest BCUT2D eigenvalue weighted by Crippen LogP contribution is -2.30. The maximum absolute atomic E-state index is 11.4. The molecule has 2 N–H and O–H groups in total. The molecular formula is C12H18BrClN2O. The van der Waals surface area contributed by atoms with Crippen molar-refractivity contribution in [2.75, 3.05) is 20.1 Å². The molecule has 0 bridgehead atoms. The number of hydrogen-bond donors (Lipinski definition) is 2. The summed E-state index contributed by atoms with van der Waals surface area (Å²) in [7, 11) is 1.87. The maximum Gasteiger partial charge on any atom is 0.220 e. The highest BCUT2D eigenvalue weighted by molar-refractivity contribution is 9.10. The number of benzene rings is 1. The fraction of sp³-hybridized carbons (Fsp3) is 0.417. The third-order valence-electron chi connectivity index (χ3n) is 2.25. The number of aryl methyl sites for hydroxylation is 1. The van der Waals surface area contributed by atoms with Crippen LogP contribution < -0.4 is 10.6 Å². The zero-order valence-corrected chi connectivity index (χ0v) is 12.2. The summed E-state index contributed by atoms with van der Waals surface area (Å²) in [4.78, 5) is 11.4. The van der Waals surface area contributed by atoms with Crippen LogP contribution in [0, 0.1) is 0 Å². The first-order valence-electron chi connectivity index (χ1n) is 5.38. The topological polar surface area (TPSA) is 41.1 Å². The third kappa shape index (κ3) is 7.36. The lowest BCUT2D eigenvalue weighted by molar-refractivity contribution is -0.121. The van der Waals surface area contributed by atoms with Gasteiger partial charge in [0.05, 0.1) is 0 Å². The Morgan fingerprint density at radius 2 is 1.88 bits per heavy atom. The summed E-state index contributed by atoms with van der Waals surface area (Å²) in [6, 6.07) is 8.05. The molecule has 0 aliphatic carbocycles. The highest BCUT2D eigenvalue weighted by Gasteiger charge is 2.01. The number of carbonyl (C=O) groups is 1. The van der Waals surface area contributed by atoms with E-state index in [-0.39, 0.29) is 18.3 Å². The summed E-state index contributed by atoms with van der Waals surface area (Å²) in [5.74, 6) is 0.109. The Morgan fingerprint density at radius 1 is 1.24 bits per heavy atom. The van der Waals surface area contributed by atoms with E-state index < -0.39 is 0 Å². The summed E-state index contributed by atoms with van der Waals surface area (Å²) in [5.41, 5.74) is 1.19. The van der Waals surface area contributed by atoms with Crippen LogP contribution in [0.3, 0.4) is 0 Å². The predicted octanol–water partition coefficient (Wildman–Crippen LogP) is 2.14. The number of rotatable bonds is 6. The average molecular weight is 322 g/mol. The van der Waals surface area contributed by atoms with Crippen molar-refractivity contribution in [3.63, 3.8) is 0 Å². The average Bonchev–Trinajstić information content (AvgIpc) is 2.29. The molecule has 0 aromatic heterocycles. The lowest BCUT2D eigenvalue weighted by atomic mass is 10.1. The molecule has 3 nitrogen and oxygen atoms in total. The van der Waals surface area contributed by atoms with Gasteiger partial charge in [-0.2, -0.15) is 0 Å². The van der Waals surface area contributed by atoms with Gasteiger partial charge in [-0.1, -0.05) is 28.1 Å². The van der Waals surface area contributed by atoms with Crippen LogP contribution in [0.4, 0.5) is 0 Å². The molecule has 0 radical (unpaired) electrons. The van der Waals surface area contributed by atoms with E-state index >= 15 is 0 Å². The molecule has 96 valence electrons. The van der Waals surface area contributed by atoms with Crippen LogP contribution in [0.1, 0.15) is 12.0 Å². The second-order valence-electron chi connectivity index (χ2n) is 3.58. The van der Waals surface area contributed by atoms with Crippen LogP contribution in [0.15, 0.2) is 28.7 Å². The van der Waals surface area contributed by atoms with E-state index in [9.17, 15) is 4.79 Å². The lowest BCUT2D eigenvalue weighted by Gasteiger charge is -2.04. The molecule has 0 atom stereocenters. The molecule has 5 heteroatoms. The third-order valence-corrected chi connectivity index (χ3v) is 2.78. The summed E-state index contributed by atoms with van der Waals surface area (Å²) in [6.07, 6.45) is 1.34. The fourth-order valence-electron chi connectivity index (χ4n) is 1.32. The van der Waals surface area contributed by atoms with Crippen molar-refractivity contribution in [3.05, 3.63) is 34.3 Å². The van der Waals surface area contributed by atoms with Crippen LogP contribution in [0.25, 0.3) is 0 Å². The SMILES string of the molecule is CNCCNC(=O)CCc1ccc(Br)cc1.Cl. The van der Waals surface area contributed by atoms with Gasteiger partial charge in [-0.15, -0.1) is 12.4 Å². The van der Waals surface area contributed by atoms with Crippen molar-refractivity contribution in [2.24, 2.45) is 0 Å². The van der Waals surface area contributed by atoms with Crippen molar-refractivity contribution in [2.45, 2.75) is 12.8 Å². The molecule has 0 fully saturated rings. The van der Waals surface area contributed by atoms with Crippen LogP contribution in [-0.4, -0.2) is 26.0 Å². The van der Waals surface area contributed by atoms with Gasteiger partial charge in [0.2, 0.25) is 5.91 Å². The molecule has 0 spiro atoms. The smallest absolute Gasteiger partial charge is 0.220 e. The maximum atomic E-state index is 11.4.